The normalized spacial score (nSPS) is 14.5. The van der Waals surface area contributed by atoms with Gasteiger partial charge in [-0.05, 0) is 38.8 Å². The van der Waals surface area contributed by atoms with Crippen molar-refractivity contribution in [2.24, 2.45) is 4.99 Å². The largest absolute Gasteiger partial charge is 0.492 e. The van der Waals surface area contributed by atoms with E-state index in [0.29, 0.717) is 26.1 Å². The second-order valence-corrected chi connectivity index (χ2v) is 6.19. The number of carbonyl (C=O) groups excluding carboxylic acids is 1. The molecule has 25 heavy (non-hydrogen) atoms. The van der Waals surface area contributed by atoms with Crippen molar-refractivity contribution in [3.63, 3.8) is 0 Å². The summed E-state index contributed by atoms with van der Waals surface area (Å²) in [6, 6.07) is 8.01. The van der Waals surface area contributed by atoms with Gasteiger partial charge in [0.15, 0.2) is 5.96 Å². The fourth-order valence-corrected chi connectivity index (χ4v) is 2.70. The highest BCUT2D eigenvalue weighted by Gasteiger charge is 2.16. The van der Waals surface area contributed by atoms with E-state index in [0.717, 1.165) is 44.2 Å². The van der Waals surface area contributed by atoms with Crippen LogP contribution in [-0.2, 0) is 4.79 Å². The fraction of sp³-hybridized carbons (Fsp3) is 0.579. The van der Waals surface area contributed by atoms with Gasteiger partial charge in [-0.3, -0.25) is 9.79 Å². The molecule has 6 heteroatoms. The maximum atomic E-state index is 12.0. The number of carbonyl (C=O) groups is 1. The Bertz CT molecular complexity index is 551. The number of hydrogen-bond acceptors (Lipinski definition) is 3. The molecule has 1 aliphatic rings. The molecule has 1 saturated heterocycles. The highest BCUT2D eigenvalue weighted by Crippen LogP contribution is 2.11. The standard InChI is InChI=1S/C19H30N4O2/c1-3-20-19(21-11-10-18(24)23-13-4-5-14-23)22-12-15-25-17-8-6-16(2)7-9-17/h6-9H,3-5,10-15H2,1-2H3,(H2,20,21,22). The van der Waals surface area contributed by atoms with E-state index in [1.807, 2.05) is 36.1 Å². The summed E-state index contributed by atoms with van der Waals surface area (Å²) >= 11 is 0. The van der Waals surface area contributed by atoms with Crippen LogP contribution in [-0.4, -0.2) is 56.1 Å². The van der Waals surface area contributed by atoms with Gasteiger partial charge in [-0.15, -0.1) is 0 Å². The predicted octanol–water partition coefficient (Wildman–Crippen LogP) is 1.94. The molecule has 1 amide bonds. The van der Waals surface area contributed by atoms with E-state index in [1.165, 1.54) is 5.56 Å². The van der Waals surface area contributed by atoms with Gasteiger partial charge in [-0.1, -0.05) is 17.7 Å². The van der Waals surface area contributed by atoms with E-state index < -0.39 is 0 Å². The lowest BCUT2D eigenvalue weighted by atomic mass is 10.2. The molecule has 0 aromatic heterocycles. The summed E-state index contributed by atoms with van der Waals surface area (Å²) in [5.41, 5.74) is 1.22. The molecule has 0 atom stereocenters. The van der Waals surface area contributed by atoms with Gasteiger partial charge in [0.1, 0.15) is 12.4 Å². The van der Waals surface area contributed by atoms with Crippen LogP contribution in [0.25, 0.3) is 0 Å². The molecule has 1 aliphatic heterocycles. The number of aliphatic imine (C=N–C) groups is 1. The highest BCUT2D eigenvalue weighted by molar-refractivity contribution is 5.80. The Kier molecular flexibility index (Phi) is 8.09. The summed E-state index contributed by atoms with van der Waals surface area (Å²) in [4.78, 5) is 18.4. The summed E-state index contributed by atoms with van der Waals surface area (Å²) < 4.78 is 5.69. The van der Waals surface area contributed by atoms with Crippen LogP contribution in [0.1, 0.15) is 31.7 Å². The molecule has 1 heterocycles. The summed E-state index contributed by atoms with van der Waals surface area (Å²) in [5.74, 6) is 1.80. The molecule has 1 aromatic rings. The van der Waals surface area contributed by atoms with Crippen molar-refractivity contribution in [2.75, 3.05) is 39.3 Å². The second-order valence-electron chi connectivity index (χ2n) is 6.19. The van der Waals surface area contributed by atoms with Gasteiger partial charge in [0, 0.05) is 26.1 Å². The van der Waals surface area contributed by atoms with E-state index in [2.05, 4.69) is 22.5 Å². The Morgan fingerprint density at radius 2 is 1.92 bits per heavy atom. The fourth-order valence-electron chi connectivity index (χ4n) is 2.70. The molecule has 1 aromatic carbocycles. The molecule has 2 N–H and O–H groups in total. The smallest absolute Gasteiger partial charge is 0.224 e. The van der Waals surface area contributed by atoms with Crippen LogP contribution < -0.4 is 15.4 Å². The van der Waals surface area contributed by atoms with Gasteiger partial charge in [0.25, 0.3) is 0 Å². The van der Waals surface area contributed by atoms with E-state index in [4.69, 9.17) is 4.74 Å². The number of rotatable bonds is 8. The van der Waals surface area contributed by atoms with Crippen LogP contribution in [0, 0.1) is 6.92 Å². The average molecular weight is 346 g/mol. The number of hydrogen-bond donors (Lipinski definition) is 2. The van der Waals surface area contributed by atoms with Gasteiger partial charge in [-0.25, -0.2) is 0 Å². The van der Waals surface area contributed by atoms with Crippen molar-refractivity contribution in [3.8, 4) is 5.75 Å². The Labute approximate surface area is 150 Å². The molecule has 0 radical (unpaired) electrons. The number of likely N-dealkylation sites (tertiary alicyclic amines) is 1. The van der Waals surface area contributed by atoms with Gasteiger partial charge in [0.2, 0.25) is 5.91 Å². The molecule has 0 bridgehead atoms. The number of nitrogens with zero attached hydrogens (tertiary/aromatic N) is 2. The molecule has 0 saturated carbocycles. The minimum atomic E-state index is 0.208. The topological polar surface area (TPSA) is 66.0 Å². The van der Waals surface area contributed by atoms with Crippen LogP contribution in [0.15, 0.2) is 29.3 Å². The molecule has 138 valence electrons. The number of aryl methyl sites for hydroxylation is 1. The molecule has 0 spiro atoms. The lowest BCUT2D eigenvalue weighted by Gasteiger charge is -2.15. The molecule has 1 fully saturated rings. The maximum absolute atomic E-state index is 12.0. The molecular weight excluding hydrogens is 316 g/mol. The molecular formula is C19H30N4O2. The molecule has 6 nitrogen and oxygen atoms in total. The zero-order chi connectivity index (χ0) is 17.9. The van der Waals surface area contributed by atoms with Gasteiger partial charge >= 0.3 is 0 Å². The van der Waals surface area contributed by atoms with E-state index >= 15 is 0 Å². The average Bonchev–Trinajstić information content (AvgIpc) is 3.15. The third-order valence-electron chi connectivity index (χ3n) is 4.08. The second kappa shape index (κ2) is 10.6. The zero-order valence-corrected chi connectivity index (χ0v) is 15.4. The summed E-state index contributed by atoms with van der Waals surface area (Å²) in [7, 11) is 0. The Hall–Kier alpha value is -2.24. The minimum absolute atomic E-state index is 0.208. The summed E-state index contributed by atoms with van der Waals surface area (Å²) in [6.45, 7) is 8.37. The lowest BCUT2D eigenvalue weighted by Crippen LogP contribution is -2.39. The van der Waals surface area contributed by atoms with Crippen LogP contribution in [0.3, 0.4) is 0 Å². The Morgan fingerprint density at radius 3 is 2.60 bits per heavy atom. The van der Waals surface area contributed by atoms with Crippen molar-refractivity contribution in [1.82, 2.24) is 15.5 Å². The van der Waals surface area contributed by atoms with Gasteiger partial charge < -0.3 is 20.3 Å². The van der Waals surface area contributed by atoms with Gasteiger partial charge in [0.05, 0.1) is 13.1 Å². The van der Waals surface area contributed by atoms with E-state index in [1.54, 1.807) is 0 Å². The summed E-state index contributed by atoms with van der Waals surface area (Å²) in [6.07, 6.45) is 2.72. The summed E-state index contributed by atoms with van der Waals surface area (Å²) in [5, 5.41) is 6.43. The first kappa shape index (κ1) is 19.1. The number of ether oxygens (including phenoxy) is 1. The van der Waals surface area contributed by atoms with Crippen LogP contribution >= 0.6 is 0 Å². The number of nitrogens with one attached hydrogen (secondary N) is 2. The van der Waals surface area contributed by atoms with Crippen LogP contribution in [0.5, 0.6) is 5.75 Å². The molecule has 0 unspecified atom stereocenters. The first-order chi connectivity index (χ1) is 12.2. The number of benzene rings is 1. The number of amides is 1. The van der Waals surface area contributed by atoms with Crippen molar-refractivity contribution >= 4 is 11.9 Å². The molecule has 2 rings (SSSR count). The van der Waals surface area contributed by atoms with Gasteiger partial charge in [-0.2, -0.15) is 0 Å². The third-order valence-corrected chi connectivity index (χ3v) is 4.08. The predicted molar refractivity (Wildman–Crippen MR) is 101 cm³/mol. The molecule has 0 aliphatic carbocycles. The third kappa shape index (κ3) is 7.03. The van der Waals surface area contributed by atoms with Crippen molar-refractivity contribution < 1.29 is 9.53 Å². The maximum Gasteiger partial charge on any atom is 0.224 e. The van der Waals surface area contributed by atoms with Crippen LogP contribution in [0.2, 0.25) is 0 Å². The van der Waals surface area contributed by atoms with Crippen molar-refractivity contribution in [2.45, 2.75) is 33.1 Å². The Balaban J connectivity index is 1.67. The van der Waals surface area contributed by atoms with Crippen molar-refractivity contribution in [3.05, 3.63) is 29.8 Å². The first-order valence-corrected chi connectivity index (χ1v) is 9.18. The minimum Gasteiger partial charge on any atom is -0.492 e. The Morgan fingerprint density at radius 1 is 1.20 bits per heavy atom. The van der Waals surface area contributed by atoms with E-state index in [9.17, 15) is 4.79 Å². The first-order valence-electron chi connectivity index (χ1n) is 9.18. The monoisotopic (exact) mass is 346 g/mol. The van der Waals surface area contributed by atoms with E-state index in [-0.39, 0.29) is 5.91 Å². The van der Waals surface area contributed by atoms with Crippen LogP contribution in [0.4, 0.5) is 0 Å². The van der Waals surface area contributed by atoms with Crippen molar-refractivity contribution in [1.29, 1.82) is 0 Å². The SMILES string of the molecule is CCNC(=NCCC(=O)N1CCCC1)NCCOc1ccc(C)cc1. The number of guanidine groups is 1. The highest BCUT2D eigenvalue weighted by atomic mass is 16.5. The quantitative estimate of drug-likeness (QED) is 0.429. The zero-order valence-electron chi connectivity index (χ0n) is 15.4. The lowest BCUT2D eigenvalue weighted by molar-refractivity contribution is -0.129.